The summed E-state index contributed by atoms with van der Waals surface area (Å²) in [4.78, 5) is 44.4. The Hall–Kier alpha value is -3.94. The number of amides is 2. The number of methoxy groups -OCH3 is 1. The Bertz CT molecular complexity index is 1480. The van der Waals surface area contributed by atoms with E-state index in [9.17, 15) is 18.8 Å². The van der Waals surface area contributed by atoms with Crippen LogP contribution in [-0.4, -0.2) is 64.3 Å². The molecule has 3 aromatic rings. The Balaban J connectivity index is 1.31. The van der Waals surface area contributed by atoms with Gasteiger partial charge in [-0.2, -0.15) is 4.98 Å². The van der Waals surface area contributed by atoms with Gasteiger partial charge in [0.2, 0.25) is 5.91 Å². The summed E-state index contributed by atoms with van der Waals surface area (Å²) in [6.45, 7) is 3.55. The van der Waals surface area contributed by atoms with E-state index in [4.69, 9.17) is 20.9 Å². The number of ketones is 1. The van der Waals surface area contributed by atoms with Crippen LogP contribution in [0.3, 0.4) is 0 Å². The monoisotopic (exact) mass is 630 g/mol. The van der Waals surface area contributed by atoms with E-state index in [1.807, 2.05) is 6.07 Å². The van der Waals surface area contributed by atoms with Gasteiger partial charge in [0.1, 0.15) is 17.6 Å². The number of thioether (sulfide) groups is 1. The van der Waals surface area contributed by atoms with Gasteiger partial charge in [-0.25, -0.2) is 4.39 Å². The molecule has 0 aliphatic carbocycles. The minimum Gasteiger partial charge on any atom is -0.496 e. The molecule has 1 aromatic heterocycles. The second-order valence-electron chi connectivity index (χ2n) is 9.59. The maximum Gasteiger partial charge on any atom is 0.264 e. The van der Waals surface area contributed by atoms with Crippen LogP contribution in [0.2, 0.25) is 5.02 Å². The molecule has 0 saturated heterocycles. The number of benzene rings is 2. The highest BCUT2D eigenvalue weighted by atomic mass is 35.5. The first-order valence-corrected chi connectivity index (χ1v) is 15.0. The number of halogens is 2. The van der Waals surface area contributed by atoms with Crippen LogP contribution in [0.5, 0.6) is 5.75 Å². The summed E-state index contributed by atoms with van der Waals surface area (Å²) in [5.41, 5.74) is 1.79. The largest absolute Gasteiger partial charge is 0.496 e. The van der Waals surface area contributed by atoms with Crippen molar-refractivity contribution in [2.75, 3.05) is 19.4 Å². The number of carbonyl (C=O) groups is 3. The van der Waals surface area contributed by atoms with E-state index in [1.165, 1.54) is 35.0 Å². The minimum absolute atomic E-state index is 0.0664. The predicted octanol–water partition coefficient (Wildman–Crippen LogP) is 3.56. The fourth-order valence-corrected chi connectivity index (χ4v) is 5.63. The van der Waals surface area contributed by atoms with Gasteiger partial charge in [-0.3, -0.25) is 19.7 Å². The third kappa shape index (κ3) is 8.12. The van der Waals surface area contributed by atoms with Crippen molar-refractivity contribution >= 4 is 41.0 Å². The number of rotatable bonds is 14. The molecule has 1 aliphatic heterocycles. The second-order valence-corrected chi connectivity index (χ2v) is 11.0. The second kappa shape index (κ2) is 15.0. The summed E-state index contributed by atoms with van der Waals surface area (Å²) in [7, 11) is 1.55. The number of hydrogen-bond acceptors (Lipinski definition) is 10. The number of hydrogen-bond donors (Lipinski definition) is 3. The van der Waals surface area contributed by atoms with Gasteiger partial charge in [-0.1, -0.05) is 29.7 Å². The summed E-state index contributed by atoms with van der Waals surface area (Å²) in [5, 5.41) is 12.9. The Kier molecular flexibility index (Phi) is 11.1. The number of aromatic nitrogens is 2. The van der Waals surface area contributed by atoms with Crippen molar-refractivity contribution in [2.45, 2.75) is 44.8 Å². The van der Waals surface area contributed by atoms with Gasteiger partial charge in [0.05, 0.1) is 19.4 Å². The van der Waals surface area contributed by atoms with Crippen molar-refractivity contribution in [1.29, 1.82) is 0 Å². The van der Waals surface area contributed by atoms with Crippen molar-refractivity contribution in [2.24, 2.45) is 0 Å². The fourth-order valence-electron chi connectivity index (χ4n) is 4.39. The molecule has 2 heterocycles. The third-order valence-corrected chi connectivity index (χ3v) is 7.98. The van der Waals surface area contributed by atoms with Gasteiger partial charge < -0.3 is 24.8 Å². The fraction of sp³-hybridized carbons (Fsp3) is 0.345. The van der Waals surface area contributed by atoms with Crippen LogP contribution < -0.4 is 20.7 Å². The van der Waals surface area contributed by atoms with E-state index in [1.54, 1.807) is 45.4 Å². The zero-order chi connectivity index (χ0) is 30.9. The Morgan fingerprint density at radius 2 is 2.12 bits per heavy atom. The summed E-state index contributed by atoms with van der Waals surface area (Å²) >= 11 is 7.24. The van der Waals surface area contributed by atoms with Gasteiger partial charge in [0, 0.05) is 46.4 Å². The highest BCUT2D eigenvalue weighted by Crippen LogP contribution is 2.26. The first-order chi connectivity index (χ1) is 20.7. The van der Waals surface area contributed by atoms with Crippen LogP contribution in [-0.2, 0) is 26.7 Å². The van der Waals surface area contributed by atoms with E-state index < -0.39 is 23.9 Å². The van der Waals surface area contributed by atoms with Crippen molar-refractivity contribution < 1.29 is 28.0 Å². The van der Waals surface area contributed by atoms with Crippen LogP contribution in [0.25, 0.3) is 11.5 Å². The summed E-state index contributed by atoms with van der Waals surface area (Å²) in [5.74, 6) is 0.281. The van der Waals surface area contributed by atoms with E-state index in [0.717, 1.165) is 5.56 Å². The lowest BCUT2D eigenvalue weighted by Gasteiger charge is -2.34. The van der Waals surface area contributed by atoms with Crippen LogP contribution in [0.15, 0.2) is 53.3 Å². The number of aryl methyl sites for hydroxylation is 1. The Morgan fingerprint density at radius 1 is 1.30 bits per heavy atom. The van der Waals surface area contributed by atoms with Gasteiger partial charge in [-0.15, -0.1) is 11.8 Å². The lowest BCUT2D eigenvalue weighted by atomic mass is 10.1. The number of nitrogens with one attached hydrogen (secondary N) is 3. The van der Waals surface area contributed by atoms with Crippen molar-refractivity contribution in [1.82, 2.24) is 31.0 Å². The number of nitrogens with zero attached hydrogens (tertiary/aromatic N) is 3. The van der Waals surface area contributed by atoms with E-state index in [2.05, 4.69) is 26.1 Å². The van der Waals surface area contributed by atoms with E-state index in [0.29, 0.717) is 40.0 Å². The molecule has 0 radical (unpaired) electrons. The van der Waals surface area contributed by atoms with E-state index in [-0.39, 0.29) is 36.3 Å². The number of carbonyl (C=O) groups excluding carboxylic acids is 3. The standard InChI is InChI=1S/C29H32ClFN6O5S/c1-4-24(27(39)34-14-20(38)15-43-16-21-22(30)6-5-7-23(21)31)37-11-10-32-26(29(37)40)33-13-19-12-18(8-9-25(19)41-3)28-35-17(2)36-42-28/h5-12,24,26,32-33H,4,13-16H2,1-3H3,(H,34,39). The van der Waals surface area contributed by atoms with Crippen LogP contribution >= 0.6 is 23.4 Å². The van der Waals surface area contributed by atoms with Gasteiger partial charge in [0.15, 0.2) is 17.8 Å². The molecule has 0 spiro atoms. The molecule has 2 unspecified atom stereocenters. The molecule has 4 rings (SSSR count). The molecular formula is C29H32ClFN6O5S. The van der Waals surface area contributed by atoms with Crippen molar-refractivity contribution in [3.05, 3.63) is 76.6 Å². The normalized spacial score (nSPS) is 15.2. The average molecular weight is 631 g/mol. The molecule has 11 nitrogen and oxygen atoms in total. The zero-order valence-electron chi connectivity index (χ0n) is 23.9. The lowest BCUT2D eigenvalue weighted by Crippen LogP contribution is -2.59. The zero-order valence-corrected chi connectivity index (χ0v) is 25.4. The van der Waals surface area contributed by atoms with Crippen LogP contribution in [0, 0.1) is 12.7 Å². The molecule has 2 atom stereocenters. The van der Waals surface area contributed by atoms with Gasteiger partial charge >= 0.3 is 0 Å². The Labute approximate surface area is 257 Å². The molecule has 2 amide bonds. The Morgan fingerprint density at radius 3 is 2.81 bits per heavy atom. The molecule has 3 N–H and O–H groups in total. The van der Waals surface area contributed by atoms with Gasteiger partial charge in [0.25, 0.3) is 11.8 Å². The molecule has 2 aromatic carbocycles. The predicted molar refractivity (Wildman–Crippen MR) is 160 cm³/mol. The first kappa shape index (κ1) is 32.0. The SMILES string of the molecule is CCC(C(=O)NCC(=O)CSCc1c(F)cccc1Cl)N1C=CNC(NCc2cc(-c3nc(C)no3)ccc2OC)C1=O. The molecule has 0 bridgehead atoms. The topological polar surface area (TPSA) is 139 Å². The summed E-state index contributed by atoms with van der Waals surface area (Å²) < 4.78 is 24.7. The quantitative estimate of drug-likeness (QED) is 0.242. The number of ether oxygens (including phenoxy) is 1. The molecule has 14 heteroatoms. The van der Waals surface area contributed by atoms with Crippen LogP contribution in [0.4, 0.5) is 4.39 Å². The maximum absolute atomic E-state index is 13.9. The highest BCUT2D eigenvalue weighted by Gasteiger charge is 2.33. The van der Waals surface area contributed by atoms with Crippen molar-refractivity contribution in [3.8, 4) is 17.2 Å². The maximum atomic E-state index is 13.9. The molecule has 1 aliphatic rings. The molecule has 43 heavy (non-hydrogen) atoms. The van der Waals surface area contributed by atoms with Crippen LogP contribution in [0.1, 0.15) is 30.3 Å². The molecule has 0 fully saturated rings. The van der Waals surface area contributed by atoms with Crippen molar-refractivity contribution in [3.63, 3.8) is 0 Å². The highest BCUT2D eigenvalue weighted by molar-refractivity contribution is 7.99. The first-order valence-electron chi connectivity index (χ1n) is 13.5. The van der Waals surface area contributed by atoms with Gasteiger partial charge in [-0.05, 0) is 43.7 Å². The molecule has 228 valence electrons. The number of Topliss-reactive ketones (excluding diaryl/α,β-unsaturated/α-hetero) is 1. The lowest BCUT2D eigenvalue weighted by molar-refractivity contribution is -0.140. The average Bonchev–Trinajstić information content (AvgIpc) is 3.44. The molecule has 0 saturated carbocycles. The smallest absolute Gasteiger partial charge is 0.264 e. The third-order valence-electron chi connectivity index (χ3n) is 6.61. The minimum atomic E-state index is -0.827. The molecular weight excluding hydrogens is 599 g/mol. The summed E-state index contributed by atoms with van der Waals surface area (Å²) in [6, 6.07) is 9.01. The van der Waals surface area contributed by atoms with E-state index >= 15 is 0 Å². The summed E-state index contributed by atoms with van der Waals surface area (Å²) in [6.07, 6.45) is 2.58.